The number of benzene rings is 7. The van der Waals surface area contributed by atoms with Gasteiger partial charge in [-0.25, -0.2) is 9.97 Å². The summed E-state index contributed by atoms with van der Waals surface area (Å²) in [5, 5.41) is 9.19. The molecular formula is C44H26N2O. The number of para-hydroxylation sites is 1. The number of fused-ring (bicyclic) bond motifs is 10. The molecule has 3 heterocycles. The topological polar surface area (TPSA) is 38.9 Å². The molecule has 3 heteroatoms. The van der Waals surface area contributed by atoms with Crippen LogP contribution in [0.4, 0.5) is 0 Å². The van der Waals surface area contributed by atoms with E-state index in [1.807, 2.05) is 30.3 Å². The Bertz CT molecular complexity index is 2830. The highest BCUT2D eigenvalue weighted by molar-refractivity contribution is 6.25. The van der Waals surface area contributed by atoms with E-state index in [1.54, 1.807) is 0 Å². The predicted octanol–water partition coefficient (Wildman–Crippen LogP) is 12.0. The molecule has 0 aliphatic rings. The average molecular weight is 599 g/mol. The van der Waals surface area contributed by atoms with Crippen LogP contribution in [0.25, 0.3) is 98.9 Å². The van der Waals surface area contributed by atoms with Crippen molar-refractivity contribution in [1.82, 2.24) is 9.97 Å². The van der Waals surface area contributed by atoms with Crippen LogP contribution in [0.3, 0.4) is 0 Å². The van der Waals surface area contributed by atoms with Crippen molar-refractivity contribution < 1.29 is 4.42 Å². The van der Waals surface area contributed by atoms with Crippen LogP contribution >= 0.6 is 0 Å². The minimum absolute atomic E-state index is 0.916. The summed E-state index contributed by atoms with van der Waals surface area (Å²) in [4.78, 5) is 10.3. The molecule has 0 radical (unpaired) electrons. The van der Waals surface area contributed by atoms with Crippen LogP contribution in [-0.4, -0.2) is 9.97 Å². The zero-order valence-corrected chi connectivity index (χ0v) is 25.3. The van der Waals surface area contributed by atoms with Gasteiger partial charge >= 0.3 is 0 Å². The Hall–Kier alpha value is -6.32. The van der Waals surface area contributed by atoms with E-state index in [-0.39, 0.29) is 0 Å². The molecule has 0 N–H and O–H groups in total. The van der Waals surface area contributed by atoms with E-state index in [0.29, 0.717) is 0 Å². The van der Waals surface area contributed by atoms with Gasteiger partial charge in [-0.15, -0.1) is 0 Å². The number of furan rings is 1. The molecule has 7 aromatic carbocycles. The van der Waals surface area contributed by atoms with Gasteiger partial charge < -0.3 is 4.42 Å². The Kier molecular flexibility index (Phi) is 5.57. The van der Waals surface area contributed by atoms with E-state index in [1.165, 1.54) is 21.7 Å². The second-order valence-corrected chi connectivity index (χ2v) is 12.2. The van der Waals surface area contributed by atoms with Gasteiger partial charge in [0.15, 0.2) is 0 Å². The summed E-state index contributed by atoms with van der Waals surface area (Å²) < 4.78 is 6.46. The zero-order chi connectivity index (χ0) is 30.9. The molecule has 0 unspecified atom stereocenters. The fourth-order valence-corrected chi connectivity index (χ4v) is 7.13. The number of hydrogen-bond acceptors (Lipinski definition) is 3. The molecule has 10 aromatic rings. The molecule has 0 aliphatic heterocycles. The van der Waals surface area contributed by atoms with Gasteiger partial charge in [-0.05, 0) is 57.6 Å². The van der Waals surface area contributed by atoms with Crippen LogP contribution in [-0.2, 0) is 0 Å². The molecule has 0 saturated carbocycles. The molecule has 3 aromatic heterocycles. The summed E-state index contributed by atoms with van der Waals surface area (Å²) in [6, 6.07) is 55.5. The van der Waals surface area contributed by atoms with Crippen molar-refractivity contribution in [1.29, 1.82) is 0 Å². The summed E-state index contributed by atoms with van der Waals surface area (Å²) in [5.41, 5.74) is 10.1. The van der Waals surface area contributed by atoms with Gasteiger partial charge in [0.2, 0.25) is 0 Å². The normalized spacial score (nSPS) is 11.8. The molecule has 0 aliphatic carbocycles. The number of pyridine rings is 2. The highest BCUT2D eigenvalue weighted by Gasteiger charge is 2.16. The van der Waals surface area contributed by atoms with Gasteiger partial charge in [0, 0.05) is 38.1 Å². The van der Waals surface area contributed by atoms with Crippen molar-refractivity contribution in [3.05, 3.63) is 158 Å². The third-order valence-electron chi connectivity index (χ3n) is 9.45. The van der Waals surface area contributed by atoms with E-state index in [0.717, 1.165) is 77.2 Å². The van der Waals surface area contributed by atoms with E-state index in [9.17, 15) is 0 Å². The highest BCUT2D eigenvalue weighted by atomic mass is 16.3. The quantitative estimate of drug-likeness (QED) is 0.190. The monoisotopic (exact) mass is 598 g/mol. The number of aromatic nitrogens is 2. The van der Waals surface area contributed by atoms with Crippen molar-refractivity contribution in [2.45, 2.75) is 0 Å². The van der Waals surface area contributed by atoms with Crippen LogP contribution in [0.15, 0.2) is 162 Å². The lowest BCUT2D eigenvalue weighted by Crippen LogP contribution is -1.91. The molecule has 218 valence electrons. The molecule has 0 fully saturated rings. The van der Waals surface area contributed by atoms with E-state index in [2.05, 4.69) is 127 Å². The van der Waals surface area contributed by atoms with E-state index >= 15 is 0 Å². The Labute approximate surface area is 270 Å². The summed E-state index contributed by atoms with van der Waals surface area (Å²) >= 11 is 0. The Balaban J connectivity index is 1.09. The number of hydrogen-bond donors (Lipinski definition) is 0. The lowest BCUT2D eigenvalue weighted by Gasteiger charge is -2.12. The molecule has 0 saturated heterocycles. The molecule has 0 spiro atoms. The van der Waals surface area contributed by atoms with Gasteiger partial charge in [0.25, 0.3) is 0 Å². The maximum atomic E-state index is 6.46. The Morgan fingerprint density at radius 2 is 0.936 bits per heavy atom. The molecule has 3 nitrogen and oxygen atoms in total. The largest absolute Gasteiger partial charge is 0.455 e. The van der Waals surface area contributed by atoms with Gasteiger partial charge in [-0.3, -0.25) is 0 Å². The number of nitrogens with zero attached hydrogens (tertiary/aromatic N) is 2. The zero-order valence-electron chi connectivity index (χ0n) is 25.3. The van der Waals surface area contributed by atoms with Gasteiger partial charge in [-0.2, -0.15) is 0 Å². The molecule has 47 heavy (non-hydrogen) atoms. The lowest BCUT2D eigenvalue weighted by atomic mass is 9.92. The van der Waals surface area contributed by atoms with Gasteiger partial charge in [-0.1, -0.05) is 127 Å². The maximum absolute atomic E-state index is 6.46. The predicted molar refractivity (Wildman–Crippen MR) is 196 cm³/mol. The van der Waals surface area contributed by atoms with Crippen molar-refractivity contribution >= 4 is 65.3 Å². The van der Waals surface area contributed by atoms with Crippen LogP contribution in [0.2, 0.25) is 0 Å². The maximum Gasteiger partial charge on any atom is 0.143 e. The van der Waals surface area contributed by atoms with Gasteiger partial charge in [0.05, 0.1) is 22.4 Å². The fourth-order valence-electron chi connectivity index (χ4n) is 7.13. The Morgan fingerprint density at radius 1 is 0.383 bits per heavy atom. The first-order chi connectivity index (χ1) is 23.3. The fraction of sp³-hybridized carbons (Fsp3) is 0. The summed E-state index contributed by atoms with van der Waals surface area (Å²) in [6.07, 6.45) is 0. The molecule has 0 bridgehead atoms. The van der Waals surface area contributed by atoms with Crippen molar-refractivity contribution in [2.24, 2.45) is 0 Å². The second-order valence-electron chi connectivity index (χ2n) is 12.2. The van der Waals surface area contributed by atoms with E-state index in [4.69, 9.17) is 14.4 Å². The smallest absolute Gasteiger partial charge is 0.143 e. The summed E-state index contributed by atoms with van der Waals surface area (Å²) in [6.45, 7) is 0. The highest BCUT2D eigenvalue weighted by Crippen LogP contribution is 2.41. The lowest BCUT2D eigenvalue weighted by molar-refractivity contribution is 0.673. The van der Waals surface area contributed by atoms with Crippen LogP contribution < -0.4 is 0 Å². The SMILES string of the molecule is c1ccc(-c2ccc3ccc4ccc(-c5ccc(-c6cc7ccc8c9ccccc9oc8c7c7ccccc67)cc5)nc4c3n2)cc1. The van der Waals surface area contributed by atoms with Crippen LogP contribution in [0.5, 0.6) is 0 Å². The second kappa shape index (κ2) is 10.1. The van der Waals surface area contributed by atoms with Crippen molar-refractivity contribution in [3.8, 4) is 33.6 Å². The standard InChI is InChI=1S/C44H26N2O/c1-2-8-28(9-3-1)38-24-21-30-18-19-31-22-25-39(46-43(31)42(30)45-38)29-16-14-27(15-17-29)37-26-32-20-23-36-34-11-6-7-13-40(34)47-44(36)41(32)35-12-5-4-10-33(35)37/h1-26H. The number of rotatable bonds is 3. The first-order valence-corrected chi connectivity index (χ1v) is 15.9. The molecule has 0 atom stereocenters. The third kappa shape index (κ3) is 4.07. The summed E-state index contributed by atoms with van der Waals surface area (Å²) in [7, 11) is 0. The van der Waals surface area contributed by atoms with Crippen LogP contribution in [0, 0.1) is 0 Å². The minimum Gasteiger partial charge on any atom is -0.455 e. The third-order valence-corrected chi connectivity index (χ3v) is 9.45. The molecule has 0 amide bonds. The molecular weight excluding hydrogens is 572 g/mol. The van der Waals surface area contributed by atoms with Crippen molar-refractivity contribution in [2.75, 3.05) is 0 Å². The van der Waals surface area contributed by atoms with Gasteiger partial charge in [0.1, 0.15) is 11.2 Å². The summed E-state index contributed by atoms with van der Waals surface area (Å²) in [5.74, 6) is 0. The van der Waals surface area contributed by atoms with Crippen molar-refractivity contribution in [3.63, 3.8) is 0 Å². The van der Waals surface area contributed by atoms with E-state index < -0.39 is 0 Å². The Morgan fingerprint density at radius 3 is 1.66 bits per heavy atom. The minimum atomic E-state index is 0.916. The average Bonchev–Trinajstić information content (AvgIpc) is 3.53. The first-order valence-electron chi connectivity index (χ1n) is 15.9. The molecule has 10 rings (SSSR count). The first kappa shape index (κ1) is 26.0. The van der Waals surface area contributed by atoms with Crippen LogP contribution in [0.1, 0.15) is 0 Å².